The first-order valence-corrected chi connectivity index (χ1v) is 44.5. The molecule has 0 saturated carbocycles. The second kappa shape index (κ2) is 65.3. The van der Waals surface area contributed by atoms with Gasteiger partial charge in [-0.25, -0.2) is 0 Å². The van der Waals surface area contributed by atoms with Crippen molar-refractivity contribution in [3.8, 4) is 0 Å². The average molecular weight is 1970 g/mol. The Balaban J connectivity index is 0.000000241. The molecule has 18 rings (SSSR count). The zero-order valence-corrected chi connectivity index (χ0v) is 75.1. The van der Waals surface area contributed by atoms with Crippen LogP contribution < -0.4 is 78.8 Å². The van der Waals surface area contributed by atoms with Gasteiger partial charge in [-0.3, -0.25) is 0 Å². The molecule has 1 radical (unpaired) electrons. The molecule has 5 aliphatic heterocycles. The molecule has 13 aromatic rings. The monoisotopic (exact) mass is 1970 g/mol. The third-order valence-electron chi connectivity index (χ3n) is 17.0. The number of aryl methyl sites for hydroxylation is 1. The molecule has 17 heteroatoms. The third-order valence-corrected chi connectivity index (χ3v) is 25.2. The second-order valence-electron chi connectivity index (χ2n) is 26.0. The molecular formula is C99H109ClLiLuN4O5P4Pt-3. The molecule has 0 amide bonds. The van der Waals surface area contributed by atoms with Crippen LogP contribution in [0.5, 0.6) is 0 Å². The predicted molar refractivity (Wildman–Crippen MR) is 486 cm³/mol. The fourth-order valence-electron chi connectivity index (χ4n) is 11.2. The van der Waals surface area contributed by atoms with Crippen molar-refractivity contribution < 1.29 is 113 Å². The van der Waals surface area contributed by atoms with Crippen molar-refractivity contribution in [2.24, 2.45) is 0 Å². The zero-order chi connectivity index (χ0) is 77.3. The van der Waals surface area contributed by atoms with Gasteiger partial charge in [0.25, 0.3) is 0 Å². The fourth-order valence-corrected chi connectivity index (χ4v) is 18.5. The molecule has 13 aromatic carbocycles. The van der Waals surface area contributed by atoms with Gasteiger partial charge in [0.05, 0.1) is 8.07 Å². The average Bonchev–Trinajstić information content (AvgIpc) is 0.905. The molecule has 0 aromatic heterocycles. The van der Waals surface area contributed by atoms with Crippen LogP contribution in [0.15, 0.2) is 394 Å². The van der Waals surface area contributed by atoms with E-state index in [1.165, 1.54) is 112 Å². The van der Waals surface area contributed by atoms with E-state index in [-0.39, 0.29) is 89.2 Å². The Morgan fingerprint density at radius 3 is 0.534 bits per heavy atom. The molecule has 5 saturated heterocycles. The Labute approximate surface area is 760 Å². The van der Waals surface area contributed by atoms with E-state index in [1.807, 2.05) is 115 Å². The Hall–Kier alpha value is -6.61. The molecule has 0 atom stereocenters. The van der Waals surface area contributed by atoms with Crippen molar-refractivity contribution >= 4 is 97.5 Å². The number of nitrogens with zero attached hydrogens (tertiary/aromatic N) is 3. The van der Waals surface area contributed by atoms with Crippen LogP contribution in [0.2, 0.25) is 0 Å². The maximum absolute atomic E-state index is 4.96. The number of rotatable bonds is 16. The topological polar surface area (TPSA) is 100 Å². The van der Waals surface area contributed by atoms with E-state index in [0.717, 1.165) is 88.8 Å². The number of hydrogen-bond acceptors (Lipinski definition) is 6. The molecule has 9 nitrogen and oxygen atoms in total. The summed E-state index contributed by atoms with van der Waals surface area (Å²) in [5, 5.41) is 28.9. The van der Waals surface area contributed by atoms with Gasteiger partial charge >= 0.3 is 18.9 Å². The van der Waals surface area contributed by atoms with Crippen LogP contribution in [0.4, 0.5) is 22.7 Å². The largest absolute Gasteiger partial charge is 1.00 e. The summed E-state index contributed by atoms with van der Waals surface area (Å²) in [7, 11) is -2.68. The maximum Gasteiger partial charge on any atom is 1.00 e. The number of para-hydroxylation sites is 1. The number of nitrogens with one attached hydrogen (secondary N) is 1. The SMILES string of the molecule is C1CCOC1.C1CCOC1.C1CCOC1.C1CCOC1.C1CCOC1.Cc1ccccc1.[Cl-].[Li+].[Lu].[Pt].c1ccc(NP(c2ccccc2)c2ccccc2)cc1.c1ccc([N-]P(c2ccccc2)c2ccccc2)cc1.c1ccc([N-]P(c2ccccc2)c2ccccc2)cc1.c1ccc([N-]P(c2ccccc2)c2ccccc2)cc1. The molecule has 0 bridgehead atoms. The first-order chi connectivity index (χ1) is 55.6. The number of ether oxygens (including phenoxy) is 5. The van der Waals surface area contributed by atoms with Gasteiger partial charge in [0.1, 0.15) is 0 Å². The van der Waals surface area contributed by atoms with E-state index in [2.05, 4.69) is 291 Å². The summed E-state index contributed by atoms with van der Waals surface area (Å²) in [5.41, 5.74) is 5.58. The smallest absolute Gasteiger partial charge is 1.00 e. The van der Waals surface area contributed by atoms with E-state index in [4.69, 9.17) is 38.9 Å². The van der Waals surface area contributed by atoms with Gasteiger partial charge in [-0.1, -0.05) is 388 Å². The van der Waals surface area contributed by atoms with E-state index in [0.29, 0.717) is 0 Å². The van der Waals surface area contributed by atoms with Crippen molar-refractivity contribution in [3.05, 3.63) is 415 Å². The standard InChI is InChI=1S/C18H16NP.3C18H15NP.C7H8.5C4H8O.ClH.Li.Lu.Pt/c4*1-4-10-16(11-5-1)19-20(17-12-6-2-7-13-17)18-14-8-3-9-15-18;1-7-5-3-2-4-6-7;5*1-2-4-5-3-1;;;;/h1-15,19H;3*1-15H;2-6H,1H3;5*1-4H2;1H;;;/q;3*-1;;;;;;;;+1;;/p-1. The minimum absolute atomic E-state index is 0. The van der Waals surface area contributed by atoms with E-state index in [1.54, 1.807) is 0 Å². The minimum atomic E-state index is -0.702. The maximum atomic E-state index is 4.96. The van der Waals surface area contributed by atoms with E-state index >= 15 is 0 Å². The third kappa shape index (κ3) is 41.9. The van der Waals surface area contributed by atoms with Gasteiger partial charge in [-0.2, -0.15) is 0 Å². The molecule has 5 aliphatic rings. The van der Waals surface area contributed by atoms with Crippen LogP contribution in [0, 0.1) is 43.8 Å². The Kier molecular flexibility index (Phi) is 56.2. The summed E-state index contributed by atoms with van der Waals surface area (Å²) in [6.07, 6.45) is 12.8. The van der Waals surface area contributed by atoms with Crippen molar-refractivity contribution in [1.29, 1.82) is 0 Å². The summed E-state index contributed by atoms with van der Waals surface area (Å²) in [4.78, 5) is 0. The van der Waals surface area contributed by atoms with Crippen LogP contribution in [0.3, 0.4) is 0 Å². The van der Waals surface area contributed by atoms with Crippen LogP contribution in [0.25, 0.3) is 15.3 Å². The molecule has 1 N–H and O–H groups in total. The number of anilines is 1. The Morgan fingerprint density at radius 1 is 0.224 bits per heavy atom. The minimum Gasteiger partial charge on any atom is -1.00 e. The van der Waals surface area contributed by atoms with Gasteiger partial charge in [-0.15, -0.1) is 41.3 Å². The van der Waals surface area contributed by atoms with Gasteiger partial charge in [-0.05, 0) is 115 Å². The summed E-state index contributed by atoms with van der Waals surface area (Å²) in [6, 6.07) is 136. The van der Waals surface area contributed by atoms with E-state index in [9.17, 15) is 0 Å². The zero-order valence-electron chi connectivity index (χ0n) is 66.8. The van der Waals surface area contributed by atoms with Crippen molar-refractivity contribution in [1.82, 2.24) is 0 Å². The molecule has 611 valence electrons. The van der Waals surface area contributed by atoms with Crippen LogP contribution in [-0.4, -0.2) is 66.1 Å². The Bertz CT molecular complexity index is 3630. The Morgan fingerprint density at radius 2 is 0.379 bits per heavy atom. The first-order valence-electron chi connectivity index (χ1n) is 39.3. The number of benzene rings is 13. The van der Waals surface area contributed by atoms with E-state index < -0.39 is 32.3 Å². The molecule has 0 unspecified atom stereocenters. The summed E-state index contributed by atoms with van der Waals surface area (Å²) < 4.78 is 24.7. The molecule has 0 aliphatic carbocycles. The van der Waals surface area contributed by atoms with Crippen LogP contribution >= 0.6 is 32.3 Å². The fraction of sp³-hybridized carbons (Fsp3) is 0.212. The quantitative estimate of drug-likeness (QED) is 0.0764. The number of hydrogen-bond donors (Lipinski definition) is 1. The predicted octanol–water partition coefficient (Wildman–Crippen LogP) is 18.4. The van der Waals surface area contributed by atoms with Gasteiger partial charge in [0.2, 0.25) is 0 Å². The molecule has 116 heavy (non-hydrogen) atoms. The second-order valence-corrected chi connectivity index (χ2v) is 33.5. The van der Waals surface area contributed by atoms with Crippen molar-refractivity contribution in [2.75, 3.05) is 71.2 Å². The van der Waals surface area contributed by atoms with Crippen molar-refractivity contribution in [3.63, 3.8) is 0 Å². The normalized spacial score (nSPS) is 12.9. The number of halogens is 1. The molecular weight excluding hydrogens is 1860 g/mol. The summed E-state index contributed by atoms with van der Waals surface area (Å²) >= 11 is 0. The molecule has 5 heterocycles. The molecule has 0 spiro atoms. The summed E-state index contributed by atoms with van der Waals surface area (Å²) in [6.45, 7) is 12.1. The summed E-state index contributed by atoms with van der Waals surface area (Å²) in [5.74, 6) is 0. The van der Waals surface area contributed by atoms with Gasteiger partial charge in [0, 0.05) is 140 Å². The van der Waals surface area contributed by atoms with Crippen LogP contribution in [-0.2, 0) is 44.7 Å². The van der Waals surface area contributed by atoms with Crippen molar-refractivity contribution in [2.45, 2.75) is 71.1 Å². The van der Waals surface area contributed by atoms with Crippen LogP contribution in [0.1, 0.15) is 69.8 Å². The first kappa shape index (κ1) is 100.0. The van der Waals surface area contributed by atoms with Gasteiger partial charge in [0.15, 0.2) is 0 Å². The van der Waals surface area contributed by atoms with Gasteiger partial charge < -0.3 is 56.4 Å². The molecule has 5 fully saturated rings.